The number of hydrogen-bond acceptors (Lipinski definition) is 4. The van der Waals surface area contributed by atoms with Gasteiger partial charge in [0.1, 0.15) is 13.2 Å². The van der Waals surface area contributed by atoms with Crippen molar-refractivity contribution in [3.63, 3.8) is 0 Å². The Balaban J connectivity index is 1.80. The first-order chi connectivity index (χ1) is 11.2. The molecular weight excluding hydrogens is 294 g/mol. The maximum absolute atomic E-state index is 12.2. The standard InChI is InChI=1S/C18H13NO4/c20-17-13-4-2-1-3-12(13)14(18(21)19-17)9-11-5-6-15-16(10-11)23-8-7-22-15/h1-6,9-10H,7-8H2,(H,19,20,21). The van der Waals surface area contributed by atoms with E-state index in [-0.39, 0.29) is 5.91 Å². The molecule has 2 aromatic rings. The molecule has 2 aliphatic heterocycles. The lowest BCUT2D eigenvalue weighted by Gasteiger charge is -2.20. The summed E-state index contributed by atoms with van der Waals surface area (Å²) in [6, 6.07) is 12.6. The van der Waals surface area contributed by atoms with Gasteiger partial charge in [-0.15, -0.1) is 0 Å². The normalized spacial score (nSPS) is 17.7. The van der Waals surface area contributed by atoms with Crippen molar-refractivity contribution in [3.05, 3.63) is 59.2 Å². The SMILES string of the molecule is O=C1NC(=O)c2ccccc2C1=Cc1ccc2c(c1)OCCO2. The fraction of sp³-hybridized carbons (Fsp3) is 0.111. The lowest BCUT2D eigenvalue weighted by atomic mass is 9.93. The van der Waals surface area contributed by atoms with Crippen LogP contribution in [0.2, 0.25) is 0 Å². The van der Waals surface area contributed by atoms with Crippen LogP contribution in [0.5, 0.6) is 11.5 Å². The second-order valence-corrected chi connectivity index (χ2v) is 5.29. The van der Waals surface area contributed by atoms with Crippen LogP contribution < -0.4 is 14.8 Å². The number of hydrogen-bond donors (Lipinski definition) is 1. The van der Waals surface area contributed by atoms with Crippen molar-refractivity contribution in [1.82, 2.24) is 5.32 Å². The van der Waals surface area contributed by atoms with Crippen LogP contribution in [0.1, 0.15) is 21.5 Å². The summed E-state index contributed by atoms with van der Waals surface area (Å²) in [6.45, 7) is 1.04. The molecule has 2 aliphatic rings. The van der Waals surface area contributed by atoms with Gasteiger partial charge in [-0.05, 0) is 35.4 Å². The molecule has 2 aromatic carbocycles. The van der Waals surface area contributed by atoms with E-state index in [9.17, 15) is 9.59 Å². The monoisotopic (exact) mass is 307 g/mol. The van der Waals surface area contributed by atoms with Crippen molar-refractivity contribution < 1.29 is 19.1 Å². The highest BCUT2D eigenvalue weighted by Crippen LogP contribution is 2.33. The minimum atomic E-state index is -0.399. The molecule has 0 fully saturated rings. The Morgan fingerprint density at radius 1 is 0.870 bits per heavy atom. The van der Waals surface area contributed by atoms with Gasteiger partial charge in [0, 0.05) is 11.1 Å². The first-order valence-corrected chi connectivity index (χ1v) is 7.29. The van der Waals surface area contributed by atoms with Crippen LogP contribution in [0.3, 0.4) is 0 Å². The van der Waals surface area contributed by atoms with Crippen LogP contribution in [0.25, 0.3) is 11.6 Å². The smallest absolute Gasteiger partial charge is 0.258 e. The molecule has 0 aromatic heterocycles. The number of rotatable bonds is 1. The van der Waals surface area contributed by atoms with E-state index in [2.05, 4.69) is 5.32 Å². The van der Waals surface area contributed by atoms with Crippen LogP contribution in [0, 0.1) is 0 Å². The molecule has 0 bridgehead atoms. The fourth-order valence-corrected chi connectivity index (χ4v) is 2.74. The molecule has 2 amide bonds. The molecule has 0 radical (unpaired) electrons. The third-order valence-corrected chi connectivity index (χ3v) is 3.81. The molecule has 0 saturated heterocycles. The van der Waals surface area contributed by atoms with Crippen LogP contribution in [-0.4, -0.2) is 25.0 Å². The van der Waals surface area contributed by atoms with E-state index in [4.69, 9.17) is 9.47 Å². The maximum atomic E-state index is 12.2. The van der Waals surface area contributed by atoms with E-state index in [1.807, 2.05) is 24.3 Å². The van der Waals surface area contributed by atoms with Crippen molar-refractivity contribution in [2.24, 2.45) is 0 Å². The highest BCUT2D eigenvalue weighted by Gasteiger charge is 2.26. The molecule has 114 valence electrons. The van der Waals surface area contributed by atoms with Gasteiger partial charge in [0.2, 0.25) is 0 Å². The second kappa shape index (κ2) is 5.28. The molecule has 23 heavy (non-hydrogen) atoms. The van der Waals surface area contributed by atoms with Crippen LogP contribution >= 0.6 is 0 Å². The predicted octanol–water partition coefficient (Wildman–Crippen LogP) is 2.27. The number of carbonyl (C=O) groups is 2. The summed E-state index contributed by atoms with van der Waals surface area (Å²) < 4.78 is 11.0. The molecule has 5 heteroatoms. The molecule has 0 spiro atoms. The number of fused-ring (bicyclic) bond motifs is 2. The summed E-state index contributed by atoms with van der Waals surface area (Å²) in [5, 5.41) is 2.37. The molecule has 0 unspecified atom stereocenters. The van der Waals surface area contributed by atoms with E-state index in [1.165, 1.54) is 0 Å². The first kappa shape index (κ1) is 13.6. The van der Waals surface area contributed by atoms with Gasteiger partial charge in [0.05, 0.1) is 0 Å². The van der Waals surface area contributed by atoms with Gasteiger partial charge >= 0.3 is 0 Å². The van der Waals surface area contributed by atoms with E-state index in [0.29, 0.717) is 41.4 Å². The Morgan fingerprint density at radius 3 is 2.43 bits per heavy atom. The van der Waals surface area contributed by atoms with Gasteiger partial charge in [0.15, 0.2) is 11.5 Å². The molecule has 4 rings (SSSR count). The van der Waals surface area contributed by atoms with E-state index in [1.54, 1.807) is 24.3 Å². The highest BCUT2D eigenvalue weighted by atomic mass is 16.6. The molecule has 5 nitrogen and oxygen atoms in total. The Kier molecular flexibility index (Phi) is 3.12. The van der Waals surface area contributed by atoms with Gasteiger partial charge in [-0.3, -0.25) is 14.9 Å². The number of amides is 2. The van der Waals surface area contributed by atoms with E-state index < -0.39 is 5.91 Å². The summed E-state index contributed by atoms with van der Waals surface area (Å²) in [7, 11) is 0. The molecule has 0 atom stereocenters. The zero-order chi connectivity index (χ0) is 15.8. The van der Waals surface area contributed by atoms with Crippen molar-refractivity contribution in [2.45, 2.75) is 0 Å². The summed E-state index contributed by atoms with van der Waals surface area (Å²) in [6.07, 6.45) is 1.75. The van der Waals surface area contributed by atoms with E-state index >= 15 is 0 Å². The average molecular weight is 307 g/mol. The lowest BCUT2D eigenvalue weighted by Crippen LogP contribution is -2.36. The van der Waals surface area contributed by atoms with Crippen LogP contribution in [-0.2, 0) is 4.79 Å². The quantitative estimate of drug-likeness (QED) is 0.648. The first-order valence-electron chi connectivity index (χ1n) is 7.29. The topological polar surface area (TPSA) is 64.6 Å². The van der Waals surface area contributed by atoms with Gasteiger partial charge in [-0.25, -0.2) is 0 Å². The average Bonchev–Trinajstić information content (AvgIpc) is 2.58. The fourth-order valence-electron chi connectivity index (χ4n) is 2.74. The number of carbonyl (C=O) groups excluding carboxylic acids is 2. The van der Waals surface area contributed by atoms with Gasteiger partial charge in [-0.1, -0.05) is 24.3 Å². The molecule has 1 N–H and O–H groups in total. The third-order valence-electron chi connectivity index (χ3n) is 3.81. The van der Waals surface area contributed by atoms with E-state index in [0.717, 1.165) is 5.56 Å². The molecule has 0 saturated carbocycles. The lowest BCUT2D eigenvalue weighted by molar-refractivity contribution is -0.114. The molecular formula is C18H13NO4. The largest absolute Gasteiger partial charge is 0.486 e. The van der Waals surface area contributed by atoms with Gasteiger partial charge in [0.25, 0.3) is 11.8 Å². The van der Waals surface area contributed by atoms with Crippen molar-refractivity contribution >= 4 is 23.5 Å². The number of ether oxygens (including phenoxy) is 2. The van der Waals surface area contributed by atoms with Crippen LogP contribution in [0.15, 0.2) is 42.5 Å². The molecule has 2 heterocycles. The van der Waals surface area contributed by atoms with Crippen molar-refractivity contribution in [2.75, 3.05) is 13.2 Å². The Hall–Kier alpha value is -3.08. The van der Waals surface area contributed by atoms with Gasteiger partial charge < -0.3 is 9.47 Å². The minimum absolute atomic E-state index is 0.370. The Labute approximate surface area is 132 Å². The predicted molar refractivity (Wildman–Crippen MR) is 84.2 cm³/mol. The maximum Gasteiger partial charge on any atom is 0.258 e. The van der Waals surface area contributed by atoms with Crippen LogP contribution in [0.4, 0.5) is 0 Å². The van der Waals surface area contributed by atoms with Gasteiger partial charge in [-0.2, -0.15) is 0 Å². The minimum Gasteiger partial charge on any atom is -0.486 e. The molecule has 0 aliphatic carbocycles. The number of nitrogens with one attached hydrogen (secondary N) is 1. The summed E-state index contributed by atoms with van der Waals surface area (Å²) >= 11 is 0. The van der Waals surface area contributed by atoms with Crippen molar-refractivity contribution in [3.8, 4) is 11.5 Å². The third kappa shape index (κ3) is 2.36. The summed E-state index contributed by atoms with van der Waals surface area (Å²) in [5.74, 6) is 0.585. The number of imide groups is 1. The Bertz CT molecular complexity index is 854. The Morgan fingerprint density at radius 2 is 1.61 bits per heavy atom. The summed E-state index contributed by atoms with van der Waals surface area (Å²) in [4.78, 5) is 24.1. The summed E-state index contributed by atoms with van der Waals surface area (Å²) in [5.41, 5.74) is 2.40. The number of benzene rings is 2. The highest BCUT2D eigenvalue weighted by molar-refractivity contribution is 6.33. The zero-order valence-corrected chi connectivity index (χ0v) is 12.2. The van der Waals surface area contributed by atoms with Crippen molar-refractivity contribution in [1.29, 1.82) is 0 Å². The zero-order valence-electron chi connectivity index (χ0n) is 12.2. The second-order valence-electron chi connectivity index (χ2n) is 5.29.